The molecule has 29 heavy (non-hydrogen) atoms. The Hall–Kier alpha value is -2.70. The van der Waals surface area contributed by atoms with Crippen LogP contribution >= 0.6 is 7.82 Å². The predicted molar refractivity (Wildman–Crippen MR) is 96.4 cm³/mol. The second-order valence-electron chi connectivity index (χ2n) is 6.39. The van der Waals surface area contributed by atoms with Gasteiger partial charge in [-0.2, -0.15) is 0 Å². The molecule has 9 N–H and O–H groups in total. The number of carboxylic acid groups (broad SMARTS) is 2. The van der Waals surface area contributed by atoms with Gasteiger partial charge >= 0.3 is 19.8 Å². The predicted octanol–water partition coefficient (Wildman–Crippen LogP) is -0.856. The smallest absolute Gasteiger partial charge is 0.504 e. The summed E-state index contributed by atoms with van der Waals surface area (Å²) in [7, 11) is -4.92. The van der Waals surface area contributed by atoms with Crippen LogP contribution in [0.5, 0.6) is 11.5 Å². The van der Waals surface area contributed by atoms with Crippen LogP contribution in [-0.4, -0.2) is 59.5 Å². The number of aromatic hydroxyl groups is 1. The number of hydrazine groups is 1. The van der Waals surface area contributed by atoms with Gasteiger partial charge < -0.3 is 25.6 Å². The topological polar surface area (TPSA) is 234 Å². The Bertz CT molecular complexity index is 842. The van der Waals surface area contributed by atoms with E-state index in [-0.39, 0.29) is 12.0 Å². The second kappa shape index (κ2) is 9.20. The molecule has 0 bridgehead atoms. The highest BCUT2D eigenvalue weighted by atomic mass is 31.2. The van der Waals surface area contributed by atoms with Gasteiger partial charge in [0.15, 0.2) is 17.0 Å². The lowest BCUT2D eigenvalue weighted by Crippen LogP contribution is -2.63. The van der Waals surface area contributed by atoms with Gasteiger partial charge in [-0.25, -0.2) is 15.2 Å². The average molecular weight is 435 g/mol. The first-order chi connectivity index (χ1) is 13.2. The van der Waals surface area contributed by atoms with Gasteiger partial charge in [-0.1, -0.05) is 6.07 Å². The second-order valence-corrected chi connectivity index (χ2v) is 7.55. The monoisotopic (exact) mass is 435 g/mol. The number of nitrogens with two attached hydrogens (primary N) is 2. The number of nitrogens with zero attached hydrogens (tertiary/aromatic N) is 1. The van der Waals surface area contributed by atoms with Crippen molar-refractivity contribution in [2.45, 2.75) is 37.8 Å². The molecule has 1 aromatic rings. The van der Waals surface area contributed by atoms with Crippen LogP contribution in [0.4, 0.5) is 0 Å². The van der Waals surface area contributed by atoms with E-state index in [1.54, 1.807) is 0 Å². The molecule has 0 saturated heterocycles. The van der Waals surface area contributed by atoms with Crippen LogP contribution in [0.25, 0.3) is 0 Å². The van der Waals surface area contributed by atoms with E-state index in [1.165, 1.54) is 6.07 Å². The summed E-state index contributed by atoms with van der Waals surface area (Å²) < 4.78 is 15.1. The minimum Gasteiger partial charge on any atom is -0.504 e. The molecule has 0 radical (unpaired) electrons. The Kier molecular flexibility index (Phi) is 7.72. The lowest BCUT2D eigenvalue weighted by atomic mass is 9.91. The first-order valence-corrected chi connectivity index (χ1v) is 9.57. The van der Waals surface area contributed by atoms with E-state index in [1.807, 2.05) is 0 Å². The van der Waals surface area contributed by atoms with Gasteiger partial charge in [-0.3, -0.25) is 24.4 Å². The molecule has 1 aromatic carbocycles. The number of phenols is 1. The standard InChI is InChI=1S/C15H22N3O10P/c1-15(14(23)24,18(17)13(22)9(16)3-5-12(20)21)7-8-2-4-11(10(19)6-8)28-29(25,26)27/h2,4,6,9,19H,3,5,7,16-17H2,1H3,(H,20,21)(H,23,24)(H2,25,26,27)/t9-,15?/m0/s1. The number of carboxylic acids is 2. The molecule has 0 aliphatic rings. The fourth-order valence-corrected chi connectivity index (χ4v) is 2.77. The average Bonchev–Trinajstić information content (AvgIpc) is 2.59. The Labute approximate surface area is 164 Å². The summed E-state index contributed by atoms with van der Waals surface area (Å²) in [6.45, 7) is 1.12. The summed E-state index contributed by atoms with van der Waals surface area (Å²) in [6.07, 6.45) is -1.09. The molecular formula is C15H22N3O10P. The van der Waals surface area contributed by atoms with Gasteiger partial charge in [0.2, 0.25) is 0 Å². The molecule has 1 amide bonds. The fourth-order valence-electron chi connectivity index (χ4n) is 2.36. The van der Waals surface area contributed by atoms with Gasteiger partial charge in [0.1, 0.15) is 0 Å². The molecule has 13 nitrogen and oxygen atoms in total. The number of phenolic OH excluding ortho intramolecular Hbond substituents is 1. The maximum absolute atomic E-state index is 12.3. The van der Waals surface area contributed by atoms with E-state index in [0.29, 0.717) is 5.01 Å². The molecule has 0 aliphatic heterocycles. The number of benzene rings is 1. The van der Waals surface area contributed by atoms with Crippen molar-refractivity contribution in [3.8, 4) is 11.5 Å². The quantitative estimate of drug-likeness (QED) is 0.103. The van der Waals surface area contributed by atoms with Crippen LogP contribution < -0.4 is 16.1 Å². The Balaban J connectivity index is 3.08. The Morgan fingerprint density at radius 2 is 1.86 bits per heavy atom. The van der Waals surface area contributed by atoms with Crippen molar-refractivity contribution in [3.05, 3.63) is 23.8 Å². The lowest BCUT2D eigenvalue weighted by molar-refractivity contribution is -0.159. The minimum atomic E-state index is -4.92. The van der Waals surface area contributed by atoms with Crippen LogP contribution in [0.15, 0.2) is 18.2 Å². The summed E-state index contributed by atoms with van der Waals surface area (Å²) in [5, 5.41) is 28.5. The number of aliphatic carboxylic acids is 2. The van der Waals surface area contributed by atoms with Gasteiger partial charge in [0.05, 0.1) is 6.04 Å². The van der Waals surface area contributed by atoms with E-state index in [0.717, 1.165) is 19.1 Å². The summed E-state index contributed by atoms with van der Waals surface area (Å²) in [5.41, 5.74) is 3.72. The van der Waals surface area contributed by atoms with Crippen LogP contribution in [0.1, 0.15) is 25.3 Å². The first kappa shape index (κ1) is 24.3. The van der Waals surface area contributed by atoms with Crippen molar-refractivity contribution in [3.63, 3.8) is 0 Å². The van der Waals surface area contributed by atoms with Gasteiger partial charge in [-0.05, 0) is 31.0 Å². The number of rotatable bonds is 10. The van der Waals surface area contributed by atoms with Crippen LogP contribution in [0.2, 0.25) is 0 Å². The SMILES string of the molecule is CC(Cc1ccc(OP(=O)(O)O)c(O)c1)(C(=O)O)N(N)C(=O)[C@@H](N)CCC(=O)O. The molecule has 14 heteroatoms. The van der Waals surface area contributed by atoms with Crippen molar-refractivity contribution in [1.82, 2.24) is 5.01 Å². The van der Waals surface area contributed by atoms with Crippen molar-refractivity contribution >= 4 is 25.7 Å². The third kappa shape index (κ3) is 6.69. The number of phosphoric acid groups is 1. The molecule has 0 spiro atoms. The van der Waals surface area contributed by atoms with Crippen molar-refractivity contribution in [2.75, 3.05) is 0 Å². The summed E-state index contributed by atoms with van der Waals surface area (Å²) in [4.78, 5) is 52.3. The van der Waals surface area contributed by atoms with Gasteiger partial charge in [0, 0.05) is 12.8 Å². The maximum atomic E-state index is 12.3. The first-order valence-electron chi connectivity index (χ1n) is 8.04. The van der Waals surface area contributed by atoms with E-state index < -0.39 is 61.6 Å². The highest BCUT2D eigenvalue weighted by Gasteiger charge is 2.42. The van der Waals surface area contributed by atoms with Crippen LogP contribution in [0.3, 0.4) is 0 Å². The highest BCUT2D eigenvalue weighted by molar-refractivity contribution is 7.46. The van der Waals surface area contributed by atoms with Crippen molar-refractivity contribution in [1.29, 1.82) is 0 Å². The number of carbonyl (C=O) groups excluding carboxylic acids is 1. The van der Waals surface area contributed by atoms with E-state index in [9.17, 15) is 29.2 Å². The Morgan fingerprint density at radius 1 is 1.28 bits per heavy atom. The van der Waals surface area contributed by atoms with E-state index in [4.69, 9.17) is 26.5 Å². The van der Waals surface area contributed by atoms with E-state index in [2.05, 4.69) is 4.52 Å². The molecule has 0 aromatic heterocycles. The molecule has 0 fully saturated rings. The summed E-state index contributed by atoms with van der Waals surface area (Å²) in [6, 6.07) is 1.87. The van der Waals surface area contributed by atoms with Gasteiger partial charge in [-0.15, -0.1) is 0 Å². The maximum Gasteiger partial charge on any atom is 0.524 e. The zero-order chi connectivity index (χ0) is 22.6. The van der Waals surface area contributed by atoms with Gasteiger partial charge in [0.25, 0.3) is 5.91 Å². The molecule has 162 valence electrons. The number of hydrogen-bond acceptors (Lipinski definition) is 8. The van der Waals surface area contributed by atoms with Crippen molar-refractivity contribution in [2.24, 2.45) is 11.6 Å². The van der Waals surface area contributed by atoms with Crippen molar-refractivity contribution < 1.29 is 48.6 Å². The number of carbonyl (C=O) groups is 3. The van der Waals surface area contributed by atoms with Crippen LogP contribution in [0, 0.1) is 0 Å². The highest BCUT2D eigenvalue weighted by Crippen LogP contribution is 2.42. The zero-order valence-electron chi connectivity index (χ0n) is 15.3. The molecule has 2 atom stereocenters. The third-order valence-corrected chi connectivity index (χ3v) is 4.44. The number of hydrogen-bond donors (Lipinski definition) is 7. The molecule has 0 saturated carbocycles. The summed E-state index contributed by atoms with van der Waals surface area (Å²) >= 11 is 0. The third-order valence-electron chi connectivity index (χ3n) is 4.01. The minimum absolute atomic E-state index is 0.146. The Morgan fingerprint density at radius 3 is 2.31 bits per heavy atom. The fraction of sp³-hybridized carbons (Fsp3) is 0.400. The number of amides is 1. The molecular weight excluding hydrogens is 413 g/mol. The molecule has 1 unspecified atom stereocenters. The molecule has 0 heterocycles. The van der Waals surface area contributed by atoms with Crippen LogP contribution in [-0.2, 0) is 25.4 Å². The zero-order valence-corrected chi connectivity index (χ0v) is 16.2. The molecule has 0 aliphatic carbocycles. The van der Waals surface area contributed by atoms with E-state index >= 15 is 0 Å². The lowest BCUT2D eigenvalue weighted by Gasteiger charge is -2.35. The summed E-state index contributed by atoms with van der Waals surface area (Å²) in [5.74, 6) is 0.789. The molecule has 1 rings (SSSR count). The largest absolute Gasteiger partial charge is 0.524 e. The number of phosphoric ester groups is 1. The normalized spacial score (nSPS) is 14.5.